The van der Waals surface area contributed by atoms with Crippen molar-refractivity contribution in [3.8, 4) is 11.5 Å². The Morgan fingerprint density at radius 3 is 1.92 bits per heavy atom. The fourth-order valence-electron chi connectivity index (χ4n) is 6.97. The zero-order chi connectivity index (χ0) is 34.2. The van der Waals surface area contributed by atoms with E-state index in [-0.39, 0.29) is 0 Å². The number of ether oxygens (including phenoxy) is 2. The Kier molecular flexibility index (Phi) is 11.7. The van der Waals surface area contributed by atoms with E-state index in [0.29, 0.717) is 30.5 Å². The van der Waals surface area contributed by atoms with Crippen molar-refractivity contribution >= 4 is 34.0 Å². The molecule has 2 saturated heterocycles. The lowest BCUT2D eigenvalue weighted by atomic mass is 10.1. The van der Waals surface area contributed by atoms with Gasteiger partial charge in [-0.15, -0.1) is 0 Å². The Balaban J connectivity index is 0.914. The molecule has 6 rings (SSSR count). The lowest BCUT2D eigenvalue weighted by Gasteiger charge is -2.30. The minimum atomic E-state index is -0.420. The molecule has 1 unspecified atom stereocenters. The number of H-pyrrole nitrogens is 2. The van der Waals surface area contributed by atoms with E-state index in [1.54, 1.807) is 0 Å². The predicted molar refractivity (Wildman–Crippen MR) is 194 cm³/mol. The fraction of sp³-hybridized carbons (Fsp3) is 0.514. The molecule has 2 amide bonds. The van der Waals surface area contributed by atoms with Crippen molar-refractivity contribution in [3.05, 3.63) is 59.9 Å². The number of aromatic nitrogens is 2. The van der Waals surface area contributed by atoms with Crippen LogP contribution in [-0.2, 0) is 12.8 Å². The van der Waals surface area contributed by atoms with Crippen molar-refractivity contribution in [2.75, 3.05) is 93.1 Å². The highest BCUT2D eigenvalue weighted by molar-refractivity contribution is 5.92. The van der Waals surface area contributed by atoms with Gasteiger partial charge in [-0.25, -0.2) is 9.59 Å². The van der Waals surface area contributed by atoms with Crippen LogP contribution in [0.15, 0.2) is 48.8 Å². The smallest absolute Gasteiger partial charge is 0.410 e. The summed E-state index contributed by atoms with van der Waals surface area (Å²) in [7, 11) is 6.29. The number of hydrogen-bond donors (Lipinski definition) is 4. The van der Waals surface area contributed by atoms with Crippen molar-refractivity contribution in [2.24, 2.45) is 5.92 Å². The van der Waals surface area contributed by atoms with E-state index in [0.717, 1.165) is 111 Å². The van der Waals surface area contributed by atoms with E-state index in [4.69, 9.17) is 9.47 Å². The standard InChI is InChI=1S/C37H52N8O4/c1-42(2)18-12-28-23-40-30-7-4-9-32(34(28)30)48-37(47)39-15-22-45-20-11-27(26-45)25-43(3)19-13-29-24-41-31-8-5-10-33(35(29)31)49-36(46)38-14-21-44-16-6-17-44/h4-5,7-10,23-24,27,40-41H,6,11-22,25-26H2,1-3H3,(H,38,46)(H,39,47). The van der Waals surface area contributed by atoms with Gasteiger partial charge in [0, 0.05) is 86.6 Å². The molecular formula is C37H52N8O4. The topological polar surface area (TPSA) is 121 Å². The highest BCUT2D eigenvalue weighted by Gasteiger charge is 2.24. The van der Waals surface area contributed by atoms with Gasteiger partial charge in [0.2, 0.25) is 0 Å². The Hall–Kier alpha value is -4.10. The molecule has 2 fully saturated rings. The first kappa shape index (κ1) is 34.8. The number of rotatable bonds is 16. The molecule has 49 heavy (non-hydrogen) atoms. The number of carbonyl (C=O) groups is 2. The van der Waals surface area contributed by atoms with Crippen LogP contribution in [-0.4, -0.2) is 135 Å². The van der Waals surface area contributed by atoms with Gasteiger partial charge in [0.1, 0.15) is 11.5 Å². The summed E-state index contributed by atoms with van der Waals surface area (Å²) in [5, 5.41) is 7.79. The SMILES string of the molecule is CN(C)CCc1c[nH]c2cccc(OC(=O)NCCN3CCC(CN(C)CCc4c[nH]c5cccc(OC(=O)NCCN6CCC6)c45)C3)c12. The van der Waals surface area contributed by atoms with E-state index in [9.17, 15) is 9.59 Å². The zero-order valence-corrected chi connectivity index (χ0v) is 29.2. The number of hydrogen-bond acceptors (Lipinski definition) is 8. The Bertz CT molecular complexity index is 1700. The van der Waals surface area contributed by atoms with E-state index >= 15 is 0 Å². The number of benzene rings is 2. The van der Waals surface area contributed by atoms with Gasteiger partial charge in [0.15, 0.2) is 0 Å². The summed E-state index contributed by atoms with van der Waals surface area (Å²) in [6, 6.07) is 11.6. The lowest BCUT2D eigenvalue weighted by Crippen LogP contribution is -2.42. The van der Waals surface area contributed by atoms with Crippen molar-refractivity contribution in [1.82, 2.24) is 40.2 Å². The first-order valence-corrected chi connectivity index (χ1v) is 17.7. The largest absolute Gasteiger partial charge is 0.412 e. The summed E-state index contributed by atoms with van der Waals surface area (Å²) in [5.74, 6) is 1.75. The fourth-order valence-corrected chi connectivity index (χ4v) is 6.97. The van der Waals surface area contributed by atoms with Crippen LogP contribution in [0.2, 0.25) is 0 Å². The molecule has 0 spiro atoms. The number of carbonyl (C=O) groups excluding carboxylic acids is 2. The second-order valence-electron chi connectivity index (χ2n) is 13.8. The zero-order valence-electron chi connectivity index (χ0n) is 29.2. The van der Waals surface area contributed by atoms with E-state index in [2.05, 4.69) is 61.3 Å². The number of likely N-dealkylation sites (tertiary alicyclic amines) is 2. The molecule has 264 valence electrons. The molecule has 2 aliphatic heterocycles. The summed E-state index contributed by atoms with van der Waals surface area (Å²) < 4.78 is 11.5. The first-order chi connectivity index (χ1) is 23.8. The molecule has 4 aromatic rings. The quantitative estimate of drug-likeness (QED) is 0.140. The first-order valence-electron chi connectivity index (χ1n) is 17.7. The molecule has 0 bridgehead atoms. The van der Waals surface area contributed by atoms with E-state index < -0.39 is 12.2 Å². The monoisotopic (exact) mass is 672 g/mol. The molecule has 1 atom stereocenters. The average molecular weight is 673 g/mol. The number of nitrogens with one attached hydrogen (secondary N) is 4. The highest BCUT2D eigenvalue weighted by Crippen LogP contribution is 2.31. The van der Waals surface area contributed by atoms with Crippen LogP contribution in [0.25, 0.3) is 21.8 Å². The molecule has 4 heterocycles. The Morgan fingerprint density at radius 1 is 0.796 bits per heavy atom. The highest BCUT2D eigenvalue weighted by atomic mass is 16.6. The van der Waals surface area contributed by atoms with Crippen LogP contribution in [0, 0.1) is 5.92 Å². The summed E-state index contributed by atoms with van der Waals surface area (Å²) in [6.07, 6.45) is 7.31. The van der Waals surface area contributed by atoms with Crippen molar-refractivity contribution in [1.29, 1.82) is 0 Å². The molecule has 2 aliphatic rings. The van der Waals surface area contributed by atoms with E-state index in [1.165, 1.54) is 6.42 Å². The van der Waals surface area contributed by atoms with Gasteiger partial charge in [0.05, 0.1) is 0 Å². The minimum Gasteiger partial charge on any atom is -0.410 e. The second-order valence-corrected chi connectivity index (χ2v) is 13.8. The van der Waals surface area contributed by atoms with Gasteiger partial charge in [-0.2, -0.15) is 0 Å². The van der Waals surface area contributed by atoms with Gasteiger partial charge in [-0.1, -0.05) is 12.1 Å². The van der Waals surface area contributed by atoms with Gasteiger partial charge in [0.25, 0.3) is 0 Å². The maximum absolute atomic E-state index is 12.7. The summed E-state index contributed by atoms with van der Waals surface area (Å²) in [4.78, 5) is 41.2. The van der Waals surface area contributed by atoms with Crippen LogP contribution >= 0.6 is 0 Å². The molecular weight excluding hydrogens is 620 g/mol. The van der Waals surface area contributed by atoms with Crippen LogP contribution in [0.3, 0.4) is 0 Å². The number of aromatic amines is 2. The van der Waals surface area contributed by atoms with E-state index in [1.807, 2.05) is 48.8 Å². The van der Waals surface area contributed by atoms with Gasteiger partial charge in [-0.05, 0) is 108 Å². The predicted octanol–water partition coefficient (Wildman–Crippen LogP) is 4.13. The van der Waals surface area contributed by atoms with Crippen LogP contribution in [0.5, 0.6) is 11.5 Å². The molecule has 12 nitrogen and oxygen atoms in total. The summed E-state index contributed by atoms with van der Waals surface area (Å²) >= 11 is 0. The van der Waals surface area contributed by atoms with Crippen molar-refractivity contribution < 1.29 is 19.1 Å². The van der Waals surface area contributed by atoms with Gasteiger partial charge in [-0.3, -0.25) is 0 Å². The molecule has 0 aliphatic carbocycles. The molecule has 0 radical (unpaired) electrons. The molecule has 4 N–H and O–H groups in total. The van der Waals surface area contributed by atoms with Crippen LogP contribution in [0.1, 0.15) is 24.0 Å². The number of fused-ring (bicyclic) bond motifs is 2. The molecule has 2 aromatic heterocycles. The minimum absolute atomic E-state index is 0.408. The number of nitrogens with zero attached hydrogens (tertiary/aromatic N) is 4. The number of likely N-dealkylation sites (N-methyl/N-ethyl adjacent to an activating group) is 2. The second kappa shape index (κ2) is 16.5. The van der Waals surface area contributed by atoms with Gasteiger partial charge < -0.3 is 49.7 Å². The van der Waals surface area contributed by atoms with Crippen LogP contribution < -0.4 is 20.1 Å². The third-order valence-electron chi connectivity index (χ3n) is 9.78. The van der Waals surface area contributed by atoms with Gasteiger partial charge >= 0.3 is 12.2 Å². The third kappa shape index (κ3) is 9.33. The summed E-state index contributed by atoms with van der Waals surface area (Å²) in [5.41, 5.74) is 4.24. The number of amides is 2. The molecule has 0 saturated carbocycles. The lowest BCUT2D eigenvalue weighted by molar-refractivity contribution is 0.174. The van der Waals surface area contributed by atoms with Crippen molar-refractivity contribution in [3.63, 3.8) is 0 Å². The maximum Gasteiger partial charge on any atom is 0.412 e. The normalized spacial score (nSPS) is 16.9. The summed E-state index contributed by atoms with van der Waals surface area (Å²) in [6.45, 7) is 9.86. The Morgan fingerprint density at radius 2 is 1.37 bits per heavy atom. The van der Waals surface area contributed by atoms with Crippen LogP contribution in [0.4, 0.5) is 9.59 Å². The Labute approximate surface area is 289 Å². The molecule has 12 heteroatoms. The average Bonchev–Trinajstić information content (AvgIpc) is 3.79. The molecule has 2 aromatic carbocycles. The van der Waals surface area contributed by atoms with Crippen molar-refractivity contribution in [2.45, 2.75) is 25.7 Å². The maximum atomic E-state index is 12.7. The third-order valence-corrected chi connectivity index (χ3v) is 9.78.